The summed E-state index contributed by atoms with van der Waals surface area (Å²) in [6.07, 6.45) is 4.39. The van der Waals surface area contributed by atoms with E-state index in [-0.39, 0.29) is 23.2 Å². The molecule has 8 heteroatoms. The van der Waals surface area contributed by atoms with Gasteiger partial charge < -0.3 is 10.8 Å². The van der Waals surface area contributed by atoms with Gasteiger partial charge in [-0.15, -0.1) is 0 Å². The van der Waals surface area contributed by atoms with E-state index >= 15 is 0 Å². The van der Waals surface area contributed by atoms with Crippen LogP contribution >= 0.6 is 0 Å². The first-order valence-corrected chi connectivity index (χ1v) is 8.43. The Hall–Kier alpha value is -3.81. The molecule has 0 bridgehead atoms. The Morgan fingerprint density at radius 2 is 1.82 bits per heavy atom. The lowest BCUT2D eigenvalue weighted by molar-refractivity contribution is -0.129. The average molecular weight is 377 g/mol. The number of aliphatic imine (C=N–C) groups is 1. The third-order valence-electron chi connectivity index (χ3n) is 4.75. The van der Waals surface area contributed by atoms with Gasteiger partial charge in [0, 0.05) is 25.0 Å². The summed E-state index contributed by atoms with van der Waals surface area (Å²) in [6, 6.07) is 10.4. The van der Waals surface area contributed by atoms with Gasteiger partial charge in [-0.1, -0.05) is 18.2 Å². The van der Waals surface area contributed by atoms with Gasteiger partial charge in [-0.05, 0) is 35.4 Å². The minimum atomic E-state index is -1.49. The van der Waals surface area contributed by atoms with E-state index in [1.54, 1.807) is 12.1 Å². The van der Waals surface area contributed by atoms with Crippen LogP contribution in [-0.4, -0.2) is 38.9 Å². The number of rotatable bonds is 3. The second-order valence-electron chi connectivity index (χ2n) is 6.38. The fourth-order valence-electron chi connectivity index (χ4n) is 3.27. The first-order valence-electron chi connectivity index (χ1n) is 8.43. The van der Waals surface area contributed by atoms with Gasteiger partial charge in [-0.3, -0.25) is 19.7 Å². The van der Waals surface area contributed by atoms with E-state index < -0.39 is 11.4 Å². The van der Waals surface area contributed by atoms with Crippen molar-refractivity contribution in [1.29, 1.82) is 0 Å². The van der Waals surface area contributed by atoms with E-state index in [0.717, 1.165) is 0 Å². The van der Waals surface area contributed by atoms with Crippen LogP contribution in [0.25, 0.3) is 11.3 Å². The van der Waals surface area contributed by atoms with Crippen molar-refractivity contribution in [1.82, 2.24) is 14.9 Å². The number of halogens is 1. The number of phenols is 1. The molecule has 0 aliphatic carbocycles. The Kier molecular flexibility index (Phi) is 4.03. The maximum absolute atomic E-state index is 14.5. The average Bonchev–Trinajstić information content (AvgIpc) is 2.94. The van der Waals surface area contributed by atoms with E-state index in [1.807, 2.05) is 0 Å². The van der Waals surface area contributed by atoms with Crippen molar-refractivity contribution in [2.45, 2.75) is 5.54 Å². The summed E-state index contributed by atoms with van der Waals surface area (Å²) in [6.45, 7) is 0. The molecule has 0 radical (unpaired) electrons. The van der Waals surface area contributed by atoms with Crippen molar-refractivity contribution in [3.63, 3.8) is 0 Å². The Balaban J connectivity index is 1.97. The summed E-state index contributed by atoms with van der Waals surface area (Å²) in [7, 11) is 1.52. The van der Waals surface area contributed by atoms with E-state index in [1.165, 1.54) is 60.9 Å². The van der Waals surface area contributed by atoms with Crippen molar-refractivity contribution < 1.29 is 14.3 Å². The standard InChI is InChI=1S/C20H16FN5O2/c1-26-18(28)20(25-19(26)22,12-2-5-14(27)6-3-12)13-4-7-16(21)15(10-13)17-11-23-8-9-24-17/h2-11,27H,1H3,(H2,22,25). The van der Waals surface area contributed by atoms with Gasteiger partial charge in [-0.25, -0.2) is 9.38 Å². The van der Waals surface area contributed by atoms with Gasteiger partial charge in [-0.2, -0.15) is 0 Å². The fourth-order valence-corrected chi connectivity index (χ4v) is 3.27. The van der Waals surface area contributed by atoms with Crippen LogP contribution in [0.3, 0.4) is 0 Å². The molecule has 3 N–H and O–H groups in total. The van der Waals surface area contributed by atoms with Gasteiger partial charge in [0.2, 0.25) is 0 Å². The molecule has 1 aliphatic heterocycles. The Labute approximate surface area is 160 Å². The first-order chi connectivity index (χ1) is 13.4. The molecule has 1 unspecified atom stereocenters. The van der Waals surface area contributed by atoms with Crippen LogP contribution in [0, 0.1) is 5.82 Å². The number of benzene rings is 2. The number of nitrogens with zero attached hydrogens (tertiary/aromatic N) is 4. The summed E-state index contributed by atoms with van der Waals surface area (Å²) >= 11 is 0. The van der Waals surface area contributed by atoms with Crippen LogP contribution < -0.4 is 5.73 Å². The van der Waals surface area contributed by atoms with E-state index in [4.69, 9.17) is 5.73 Å². The highest BCUT2D eigenvalue weighted by Gasteiger charge is 2.49. The second kappa shape index (κ2) is 6.41. The monoisotopic (exact) mass is 377 g/mol. The van der Waals surface area contributed by atoms with Crippen molar-refractivity contribution in [2.75, 3.05) is 7.05 Å². The zero-order valence-electron chi connectivity index (χ0n) is 14.9. The molecule has 7 nitrogen and oxygen atoms in total. The van der Waals surface area contributed by atoms with E-state index in [9.17, 15) is 14.3 Å². The van der Waals surface area contributed by atoms with Gasteiger partial charge in [0.1, 0.15) is 11.6 Å². The van der Waals surface area contributed by atoms with Crippen LogP contribution in [0.1, 0.15) is 11.1 Å². The highest BCUT2D eigenvalue weighted by atomic mass is 19.1. The van der Waals surface area contributed by atoms with Crippen LogP contribution in [0.4, 0.5) is 4.39 Å². The van der Waals surface area contributed by atoms with Crippen LogP contribution in [0.15, 0.2) is 66.0 Å². The van der Waals surface area contributed by atoms with Crippen molar-refractivity contribution in [3.8, 4) is 17.0 Å². The van der Waals surface area contributed by atoms with E-state index in [2.05, 4.69) is 15.0 Å². The smallest absolute Gasteiger partial charge is 0.266 e. The number of phenolic OH excluding ortho intramolecular Hbond substituents is 1. The third-order valence-corrected chi connectivity index (χ3v) is 4.75. The molecule has 140 valence electrons. The molecule has 1 amide bonds. The molecular weight excluding hydrogens is 361 g/mol. The van der Waals surface area contributed by atoms with Crippen molar-refractivity contribution >= 4 is 11.9 Å². The molecule has 28 heavy (non-hydrogen) atoms. The van der Waals surface area contributed by atoms with Crippen LogP contribution in [0.2, 0.25) is 0 Å². The molecule has 2 heterocycles. The number of amides is 1. The number of nitrogens with two attached hydrogens (primary N) is 1. The van der Waals surface area contributed by atoms with Gasteiger partial charge in [0.05, 0.1) is 11.9 Å². The fraction of sp³-hybridized carbons (Fsp3) is 0.100. The largest absolute Gasteiger partial charge is 0.508 e. The predicted octanol–water partition coefficient (Wildman–Crippen LogP) is 2.02. The number of guanidine groups is 1. The molecule has 3 aromatic rings. The Morgan fingerprint density at radius 3 is 2.43 bits per heavy atom. The highest BCUT2D eigenvalue weighted by molar-refractivity contribution is 6.09. The van der Waals surface area contributed by atoms with E-state index in [0.29, 0.717) is 16.8 Å². The zero-order valence-corrected chi connectivity index (χ0v) is 14.9. The topological polar surface area (TPSA) is 105 Å². The zero-order chi connectivity index (χ0) is 19.9. The Bertz CT molecular complexity index is 1090. The quantitative estimate of drug-likeness (QED) is 0.727. The predicted molar refractivity (Wildman–Crippen MR) is 101 cm³/mol. The number of likely N-dealkylation sites (N-methyl/N-ethyl adjacent to an activating group) is 1. The Morgan fingerprint density at radius 1 is 1.11 bits per heavy atom. The summed E-state index contributed by atoms with van der Waals surface area (Å²) in [4.78, 5) is 27.0. The van der Waals surface area contributed by atoms with Gasteiger partial charge in [0.15, 0.2) is 11.5 Å². The maximum Gasteiger partial charge on any atom is 0.266 e. The van der Waals surface area contributed by atoms with Crippen molar-refractivity contribution in [3.05, 3.63) is 78.0 Å². The second-order valence-corrected chi connectivity index (χ2v) is 6.38. The number of hydrogen-bond acceptors (Lipinski definition) is 6. The summed E-state index contributed by atoms with van der Waals surface area (Å²) < 4.78 is 14.5. The van der Waals surface area contributed by atoms with Crippen LogP contribution in [0.5, 0.6) is 5.75 Å². The lowest BCUT2D eigenvalue weighted by Gasteiger charge is -2.26. The summed E-state index contributed by atoms with van der Waals surface area (Å²) in [5.74, 6) is -0.786. The molecule has 0 saturated carbocycles. The number of hydrogen-bond donors (Lipinski definition) is 2. The van der Waals surface area contributed by atoms with Gasteiger partial charge in [0.25, 0.3) is 5.91 Å². The first kappa shape index (κ1) is 17.6. The molecule has 1 aliphatic rings. The molecule has 2 aromatic carbocycles. The number of carbonyl (C=O) groups is 1. The highest BCUT2D eigenvalue weighted by Crippen LogP contribution is 2.41. The number of aromatic nitrogens is 2. The molecule has 0 spiro atoms. The molecule has 1 aromatic heterocycles. The molecule has 0 fully saturated rings. The third kappa shape index (κ3) is 2.58. The van der Waals surface area contributed by atoms with Gasteiger partial charge >= 0.3 is 0 Å². The SMILES string of the molecule is CN1C(=O)C(c2ccc(O)cc2)(c2ccc(F)c(-c3cnccn3)c2)N=C1N. The lowest BCUT2D eigenvalue weighted by Crippen LogP contribution is -2.41. The van der Waals surface area contributed by atoms with Crippen LogP contribution in [-0.2, 0) is 10.3 Å². The molecule has 0 saturated heterocycles. The minimum absolute atomic E-state index is 0.0449. The molecule has 1 atom stereocenters. The minimum Gasteiger partial charge on any atom is -0.508 e. The lowest BCUT2D eigenvalue weighted by atomic mass is 9.82. The number of aromatic hydroxyl groups is 1. The maximum atomic E-state index is 14.5. The normalized spacial score (nSPS) is 19.0. The summed E-state index contributed by atoms with van der Waals surface area (Å²) in [5.41, 5.74) is 5.90. The summed E-state index contributed by atoms with van der Waals surface area (Å²) in [5, 5.41) is 9.63. The molecule has 4 rings (SSSR count). The molecular formula is C20H16FN5O2. The van der Waals surface area contributed by atoms with Crippen molar-refractivity contribution in [2.24, 2.45) is 10.7 Å². The number of carbonyl (C=O) groups excluding carboxylic acids is 1.